The van der Waals surface area contributed by atoms with E-state index >= 15 is 0 Å². The highest BCUT2D eigenvalue weighted by Crippen LogP contribution is 2.42. The average molecular weight is 491 g/mol. The van der Waals surface area contributed by atoms with Gasteiger partial charge in [0.05, 0.1) is 16.9 Å². The molecule has 6 heteroatoms. The van der Waals surface area contributed by atoms with Crippen molar-refractivity contribution >= 4 is 40.4 Å². The number of rotatable bonds is 4. The minimum absolute atomic E-state index is 0.143. The van der Waals surface area contributed by atoms with Crippen molar-refractivity contribution in [2.75, 3.05) is 19.1 Å². The van der Waals surface area contributed by atoms with Crippen molar-refractivity contribution < 1.29 is 9.53 Å². The van der Waals surface area contributed by atoms with Gasteiger partial charge >= 0.3 is 0 Å². The van der Waals surface area contributed by atoms with Gasteiger partial charge in [-0.25, -0.2) is 5.43 Å². The van der Waals surface area contributed by atoms with Crippen LogP contribution in [0.2, 0.25) is 0 Å². The average Bonchev–Trinajstić information content (AvgIpc) is 2.66. The summed E-state index contributed by atoms with van der Waals surface area (Å²) < 4.78 is 6.22. The Morgan fingerprint density at radius 3 is 2.79 bits per heavy atom. The van der Waals surface area contributed by atoms with Crippen LogP contribution in [0.25, 0.3) is 0 Å². The molecule has 3 rings (SSSR count). The molecule has 5 nitrogen and oxygen atoms in total. The summed E-state index contributed by atoms with van der Waals surface area (Å²) in [6.07, 6.45) is 2.79. The molecule has 0 saturated heterocycles. The van der Waals surface area contributed by atoms with Crippen molar-refractivity contribution in [3.05, 3.63) is 56.7 Å². The van der Waals surface area contributed by atoms with E-state index in [0.717, 1.165) is 15.6 Å². The van der Waals surface area contributed by atoms with Gasteiger partial charge in [0.25, 0.3) is 5.91 Å². The monoisotopic (exact) mass is 491 g/mol. The zero-order valence-electron chi connectivity index (χ0n) is 16.9. The molecule has 0 bridgehead atoms. The van der Waals surface area contributed by atoms with Gasteiger partial charge in [0.2, 0.25) is 0 Å². The smallest absolute Gasteiger partial charge is 0.271 e. The number of halogens is 1. The predicted octanol–water partition coefficient (Wildman–Crippen LogP) is 4.79. The Morgan fingerprint density at radius 2 is 2.07 bits per heavy atom. The first-order chi connectivity index (χ1) is 13.2. The molecule has 1 heterocycles. The molecule has 0 fully saturated rings. The van der Waals surface area contributed by atoms with E-state index in [9.17, 15) is 4.79 Å². The molecule has 0 saturated carbocycles. The van der Waals surface area contributed by atoms with Crippen molar-refractivity contribution in [3.8, 4) is 5.75 Å². The third kappa shape index (κ3) is 4.16. The van der Waals surface area contributed by atoms with Crippen LogP contribution in [0, 0.1) is 3.57 Å². The first-order valence-corrected chi connectivity index (χ1v) is 10.4. The lowest BCUT2D eigenvalue weighted by molar-refractivity contribution is 0.0954. The van der Waals surface area contributed by atoms with Crippen LogP contribution in [0.4, 0.5) is 5.69 Å². The lowest BCUT2D eigenvalue weighted by Crippen LogP contribution is -2.45. The normalized spacial score (nSPS) is 18.1. The minimum Gasteiger partial charge on any atom is -0.496 e. The molecule has 1 atom stereocenters. The molecule has 0 radical (unpaired) electrons. The topological polar surface area (TPSA) is 53.9 Å². The molecule has 1 aliphatic rings. The van der Waals surface area contributed by atoms with E-state index in [2.05, 4.69) is 78.0 Å². The van der Waals surface area contributed by atoms with Gasteiger partial charge in [-0.1, -0.05) is 13.0 Å². The van der Waals surface area contributed by atoms with Crippen molar-refractivity contribution in [2.24, 2.45) is 5.10 Å². The van der Waals surface area contributed by atoms with Crippen LogP contribution in [0.5, 0.6) is 5.75 Å². The number of anilines is 1. The Labute approximate surface area is 180 Å². The third-order valence-corrected chi connectivity index (χ3v) is 6.34. The highest BCUT2D eigenvalue weighted by Gasteiger charge is 2.33. The molecule has 28 heavy (non-hydrogen) atoms. The third-order valence-electron chi connectivity index (χ3n) is 5.45. The van der Waals surface area contributed by atoms with E-state index in [1.165, 1.54) is 11.3 Å². The number of nitrogens with zero attached hydrogens (tertiary/aromatic N) is 2. The predicted molar refractivity (Wildman–Crippen MR) is 123 cm³/mol. The van der Waals surface area contributed by atoms with E-state index in [0.29, 0.717) is 17.2 Å². The molecule has 0 spiro atoms. The summed E-state index contributed by atoms with van der Waals surface area (Å²) >= 11 is 2.17. The number of hydrogen-bond donors (Lipinski definition) is 1. The van der Waals surface area contributed by atoms with Gasteiger partial charge in [-0.3, -0.25) is 4.79 Å². The molecular weight excluding hydrogens is 465 g/mol. The lowest BCUT2D eigenvalue weighted by atomic mass is 9.80. The summed E-state index contributed by atoms with van der Waals surface area (Å²) in [5, 5.41) is 4.14. The first-order valence-electron chi connectivity index (χ1n) is 9.27. The van der Waals surface area contributed by atoms with Gasteiger partial charge in [0.15, 0.2) is 0 Å². The van der Waals surface area contributed by atoms with E-state index in [-0.39, 0.29) is 11.4 Å². The number of carbonyl (C=O) groups excluding carboxylic acids is 1. The maximum atomic E-state index is 12.3. The van der Waals surface area contributed by atoms with E-state index in [1.807, 2.05) is 12.1 Å². The number of fused-ring (bicyclic) bond motifs is 1. The van der Waals surface area contributed by atoms with E-state index in [1.54, 1.807) is 25.5 Å². The molecular formula is C22H26IN3O2. The fourth-order valence-corrected chi connectivity index (χ4v) is 4.26. The van der Waals surface area contributed by atoms with Crippen LogP contribution in [0.15, 0.2) is 41.5 Å². The van der Waals surface area contributed by atoms with Crippen molar-refractivity contribution in [3.63, 3.8) is 0 Å². The summed E-state index contributed by atoms with van der Waals surface area (Å²) in [7, 11) is 3.74. The molecule has 2 aromatic carbocycles. The summed E-state index contributed by atoms with van der Waals surface area (Å²) in [6.45, 7) is 6.81. The fourth-order valence-electron chi connectivity index (χ4n) is 3.71. The molecule has 0 aliphatic carbocycles. The molecule has 1 N–H and O–H groups in total. The molecule has 1 aliphatic heterocycles. The molecule has 148 valence electrons. The Bertz CT molecular complexity index is 924. The van der Waals surface area contributed by atoms with Crippen molar-refractivity contribution in [1.29, 1.82) is 0 Å². The maximum absolute atomic E-state index is 12.3. The molecule has 0 unspecified atom stereocenters. The summed E-state index contributed by atoms with van der Waals surface area (Å²) in [5.74, 6) is 0.884. The van der Waals surface area contributed by atoms with Gasteiger partial charge in [-0.2, -0.15) is 5.10 Å². The number of methoxy groups -OCH3 is 1. The Balaban J connectivity index is 1.73. The number of hydrogen-bond acceptors (Lipinski definition) is 4. The van der Waals surface area contributed by atoms with Crippen LogP contribution in [0.1, 0.15) is 54.6 Å². The first kappa shape index (κ1) is 20.6. The minimum atomic E-state index is -0.265. The van der Waals surface area contributed by atoms with E-state index in [4.69, 9.17) is 4.74 Å². The summed E-state index contributed by atoms with van der Waals surface area (Å²) in [4.78, 5) is 14.7. The fraction of sp³-hybridized carbons (Fsp3) is 0.364. The maximum Gasteiger partial charge on any atom is 0.271 e. The van der Waals surface area contributed by atoms with Crippen LogP contribution in [-0.4, -0.2) is 31.8 Å². The number of hydrazone groups is 1. The van der Waals surface area contributed by atoms with Gasteiger partial charge < -0.3 is 9.64 Å². The second kappa shape index (κ2) is 8.11. The summed E-state index contributed by atoms with van der Waals surface area (Å²) in [6, 6.07) is 11.7. The van der Waals surface area contributed by atoms with Gasteiger partial charge in [0.1, 0.15) is 5.75 Å². The van der Waals surface area contributed by atoms with Gasteiger partial charge in [0, 0.05) is 23.8 Å². The highest BCUT2D eigenvalue weighted by molar-refractivity contribution is 14.1. The second-order valence-corrected chi connectivity index (χ2v) is 9.01. The van der Waals surface area contributed by atoms with Crippen LogP contribution in [0.3, 0.4) is 0 Å². The van der Waals surface area contributed by atoms with Gasteiger partial charge in [-0.05, 0) is 90.2 Å². The van der Waals surface area contributed by atoms with Gasteiger partial charge in [-0.15, -0.1) is 0 Å². The molecule has 0 aromatic heterocycles. The Morgan fingerprint density at radius 1 is 1.32 bits per heavy atom. The lowest BCUT2D eigenvalue weighted by Gasteiger charge is -2.45. The molecule has 1 amide bonds. The number of amides is 1. The van der Waals surface area contributed by atoms with Crippen LogP contribution in [-0.2, 0) is 0 Å². The second-order valence-electron chi connectivity index (χ2n) is 7.84. The zero-order valence-corrected chi connectivity index (χ0v) is 19.1. The summed E-state index contributed by atoms with van der Waals surface area (Å²) in [5.41, 5.74) is 6.80. The number of nitrogens with one attached hydrogen (secondary N) is 1. The van der Waals surface area contributed by atoms with Crippen LogP contribution >= 0.6 is 22.6 Å². The zero-order chi connectivity index (χ0) is 20.5. The quantitative estimate of drug-likeness (QED) is 0.381. The highest BCUT2D eigenvalue weighted by atomic mass is 127. The SMILES string of the molecule is COc1cc(C(=O)N/N=C/c2ccc3c(c2)[C@H](C)CC(C)(C)N3C)ccc1I. The Kier molecular flexibility index (Phi) is 5.98. The standard InChI is InChI=1S/C22H26IN3O2/c1-14-12-22(2,3)26(4)19-9-6-15(10-17(14)19)13-24-25-21(27)16-7-8-18(23)20(11-16)28-5/h6-11,13-14H,12H2,1-5H3,(H,25,27)/b24-13+/t14-/m1/s1. The van der Waals surface area contributed by atoms with Crippen molar-refractivity contribution in [1.82, 2.24) is 5.43 Å². The largest absolute Gasteiger partial charge is 0.496 e. The van der Waals surface area contributed by atoms with Crippen molar-refractivity contribution in [2.45, 2.75) is 38.6 Å². The van der Waals surface area contributed by atoms with E-state index < -0.39 is 0 Å². The van der Waals surface area contributed by atoms with Crippen LogP contribution < -0.4 is 15.1 Å². The Hall–Kier alpha value is -2.09. The number of ether oxygens (including phenoxy) is 1. The molecule has 2 aromatic rings. The number of carbonyl (C=O) groups is 1. The number of benzene rings is 2.